The van der Waals surface area contributed by atoms with E-state index in [2.05, 4.69) is 17.4 Å². The van der Waals surface area contributed by atoms with Gasteiger partial charge in [-0.3, -0.25) is 9.10 Å². The van der Waals surface area contributed by atoms with Crippen LogP contribution in [0.15, 0.2) is 77.7 Å². The summed E-state index contributed by atoms with van der Waals surface area (Å²) in [6.07, 6.45) is -4.15. The summed E-state index contributed by atoms with van der Waals surface area (Å²) in [5.41, 5.74) is 0.880. The summed E-state index contributed by atoms with van der Waals surface area (Å²) in [7, 11) is -4.34. The average Bonchev–Trinajstić information content (AvgIpc) is 2.86. The summed E-state index contributed by atoms with van der Waals surface area (Å²) in [6.45, 7) is 1.63. The highest BCUT2D eigenvalue weighted by molar-refractivity contribution is 7.98. The van der Waals surface area contributed by atoms with Crippen LogP contribution in [-0.2, 0) is 26.7 Å². The van der Waals surface area contributed by atoms with E-state index in [4.69, 9.17) is 11.6 Å². The number of carbonyl (C=O) groups excluding carboxylic acids is 1. The Morgan fingerprint density at radius 1 is 1.03 bits per heavy atom. The SMILES string of the molecule is Cc1ccc(CSCCCNC(=O)CN(c2ccc(Cl)c(C(F)(F)F)c2)S(=O)(=O)c2ccccc2)cc1. The Bertz CT molecular complexity index is 1300. The van der Waals surface area contributed by atoms with Crippen molar-refractivity contribution in [2.45, 2.75) is 30.2 Å². The van der Waals surface area contributed by atoms with Crippen molar-refractivity contribution in [2.75, 3.05) is 23.1 Å². The van der Waals surface area contributed by atoms with Gasteiger partial charge in [0.25, 0.3) is 10.0 Å². The molecule has 3 aromatic rings. The zero-order chi connectivity index (χ0) is 27.1. The molecule has 0 unspecified atom stereocenters. The van der Waals surface area contributed by atoms with E-state index in [0.717, 1.165) is 23.6 Å². The molecule has 198 valence electrons. The first-order valence-electron chi connectivity index (χ1n) is 11.3. The van der Waals surface area contributed by atoms with Gasteiger partial charge in [-0.05, 0) is 55.0 Å². The molecule has 37 heavy (non-hydrogen) atoms. The van der Waals surface area contributed by atoms with Crippen molar-refractivity contribution >= 4 is 45.0 Å². The number of anilines is 1. The molecule has 0 radical (unpaired) electrons. The lowest BCUT2D eigenvalue weighted by atomic mass is 10.2. The topological polar surface area (TPSA) is 66.5 Å². The van der Waals surface area contributed by atoms with Gasteiger partial charge < -0.3 is 5.32 Å². The number of amides is 1. The number of hydrogen-bond donors (Lipinski definition) is 1. The van der Waals surface area contributed by atoms with Crippen molar-refractivity contribution in [3.05, 3.63) is 94.5 Å². The maximum Gasteiger partial charge on any atom is 0.417 e. The minimum Gasteiger partial charge on any atom is -0.354 e. The van der Waals surface area contributed by atoms with Gasteiger partial charge in [0.2, 0.25) is 5.91 Å². The van der Waals surface area contributed by atoms with Gasteiger partial charge in [0, 0.05) is 12.3 Å². The second-order valence-corrected chi connectivity index (χ2v) is 11.6. The molecular formula is C26H26ClF3N2O3S2. The summed E-state index contributed by atoms with van der Waals surface area (Å²) in [6, 6.07) is 18.2. The van der Waals surface area contributed by atoms with Crippen LogP contribution in [0.5, 0.6) is 0 Å². The minimum atomic E-state index is -4.80. The van der Waals surface area contributed by atoms with Crippen molar-refractivity contribution < 1.29 is 26.4 Å². The summed E-state index contributed by atoms with van der Waals surface area (Å²) < 4.78 is 67.6. The minimum absolute atomic E-state index is 0.154. The Morgan fingerprint density at radius 3 is 2.35 bits per heavy atom. The highest BCUT2D eigenvalue weighted by Gasteiger charge is 2.35. The molecule has 1 amide bonds. The van der Waals surface area contributed by atoms with Crippen LogP contribution in [0.25, 0.3) is 0 Å². The Labute approximate surface area is 224 Å². The summed E-state index contributed by atoms with van der Waals surface area (Å²) in [4.78, 5) is 12.5. The van der Waals surface area contributed by atoms with Crippen LogP contribution in [-0.4, -0.2) is 33.2 Å². The quantitative estimate of drug-likeness (QED) is 0.275. The van der Waals surface area contributed by atoms with Crippen molar-refractivity contribution in [2.24, 2.45) is 0 Å². The zero-order valence-corrected chi connectivity index (χ0v) is 22.4. The molecule has 5 nitrogen and oxygen atoms in total. The van der Waals surface area contributed by atoms with Gasteiger partial charge in [-0.2, -0.15) is 24.9 Å². The summed E-state index contributed by atoms with van der Waals surface area (Å²) >= 11 is 7.41. The first kappa shape index (κ1) is 28.9. The van der Waals surface area contributed by atoms with E-state index >= 15 is 0 Å². The normalized spacial score (nSPS) is 11.8. The van der Waals surface area contributed by atoms with E-state index in [1.807, 2.05) is 19.1 Å². The maximum atomic E-state index is 13.4. The van der Waals surface area contributed by atoms with E-state index in [9.17, 15) is 26.4 Å². The van der Waals surface area contributed by atoms with Crippen LogP contribution >= 0.6 is 23.4 Å². The maximum absolute atomic E-state index is 13.4. The lowest BCUT2D eigenvalue weighted by Gasteiger charge is -2.25. The van der Waals surface area contributed by atoms with Gasteiger partial charge in [-0.25, -0.2) is 8.42 Å². The number of nitrogens with zero attached hydrogens (tertiary/aromatic N) is 1. The van der Waals surface area contributed by atoms with E-state index in [1.54, 1.807) is 17.8 Å². The van der Waals surface area contributed by atoms with Crippen molar-refractivity contribution in [3.63, 3.8) is 0 Å². The number of halogens is 4. The number of hydrogen-bond acceptors (Lipinski definition) is 4. The molecule has 0 saturated heterocycles. The molecule has 3 rings (SSSR count). The Hall–Kier alpha value is -2.69. The third kappa shape index (κ3) is 8.15. The highest BCUT2D eigenvalue weighted by Crippen LogP contribution is 2.38. The van der Waals surface area contributed by atoms with Crippen LogP contribution in [0.3, 0.4) is 0 Å². The molecule has 3 aromatic carbocycles. The number of thioether (sulfide) groups is 1. The standard InChI is InChI=1S/C26H26ClF3N2O3S2/c1-19-8-10-20(11-9-19)18-36-15-5-14-31-25(33)17-32(37(34,35)22-6-3-2-4-7-22)21-12-13-24(27)23(16-21)26(28,29)30/h2-4,6-13,16H,5,14-15,17-18H2,1H3,(H,31,33). The first-order chi connectivity index (χ1) is 17.5. The molecule has 0 fully saturated rings. The molecule has 11 heteroatoms. The van der Waals surface area contributed by atoms with Crippen molar-refractivity contribution in [1.82, 2.24) is 5.32 Å². The second kappa shape index (κ2) is 12.7. The second-order valence-electron chi connectivity index (χ2n) is 8.23. The van der Waals surface area contributed by atoms with Crippen LogP contribution in [0.2, 0.25) is 5.02 Å². The highest BCUT2D eigenvalue weighted by atomic mass is 35.5. The zero-order valence-electron chi connectivity index (χ0n) is 20.0. The molecule has 0 spiro atoms. The van der Waals surface area contributed by atoms with E-state index in [-0.39, 0.29) is 10.6 Å². The van der Waals surface area contributed by atoms with Gasteiger partial charge in [-0.15, -0.1) is 0 Å². The number of nitrogens with one attached hydrogen (secondary N) is 1. The number of aryl methyl sites for hydroxylation is 1. The van der Waals surface area contributed by atoms with Crippen LogP contribution in [0, 0.1) is 6.92 Å². The fraction of sp³-hybridized carbons (Fsp3) is 0.269. The van der Waals surface area contributed by atoms with Crippen molar-refractivity contribution in [1.29, 1.82) is 0 Å². The molecule has 0 bridgehead atoms. The van der Waals surface area contributed by atoms with Gasteiger partial charge in [-0.1, -0.05) is 59.6 Å². The molecule has 0 atom stereocenters. The third-order valence-electron chi connectivity index (χ3n) is 5.34. The average molecular weight is 571 g/mol. The fourth-order valence-electron chi connectivity index (χ4n) is 3.38. The third-order valence-corrected chi connectivity index (χ3v) is 8.57. The molecule has 0 heterocycles. The number of alkyl halides is 3. The molecule has 0 saturated carbocycles. The van der Waals surface area contributed by atoms with Gasteiger partial charge in [0.15, 0.2) is 0 Å². The molecule has 0 aliphatic heterocycles. The Morgan fingerprint density at radius 2 is 1.70 bits per heavy atom. The number of benzene rings is 3. The monoisotopic (exact) mass is 570 g/mol. The fourth-order valence-corrected chi connectivity index (χ4v) is 5.96. The summed E-state index contributed by atoms with van der Waals surface area (Å²) in [5, 5.41) is 2.09. The number of rotatable bonds is 11. The Balaban J connectivity index is 1.68. The van der Waals surface area contributed by atoms with Crippen molar-refractivity contribution in [3.8, 4) is 0 Å². The summed E-state index contributed by atoms with van der Waals surface area (Å²) in [5.74, 6) is 0.966. The Kier molecular flexibility index (Phi) is 9.92. The molecule has 0 aliphatic carbocycles. The molecular weight excluding hydrogens is 545 g/mol. The molecule has 0 aromatic heterocycles. The molecule has 1 N–H and O–H groups in total. The van der Waals surface area contributed by atoms with Crippen LogP contribution in [0.4, 0.5) is 18.9 Å². The van der Waals surface area contributed by atoms with Crippen LogP contribution in [0.1, 0.15) is 23.1 Å². The first-order valence-corrected chi connectivity index (χ1v) is 14.3. The van der Waals surface area contributed by atoms with Gasteiger partial charge in [0.1, 0.15) is 6.54 Å². The smallest absolute Gasteiger partial charge is 0.354 e. The predicted molar refractivity (Wildman–Crippen MR) is 142 cm³/mol. The lowest BCUT2D eigenvalue weighted by molar-refractivity contribution is -0.137. The van der Waals surface area contributed by atoms with E-state index in [1.165, 1.54) is 35.4 Å². The lowest BCUT2D eigenvalue weighted by Crippen LogP contribution is -2.41. The van der Waals surface area contributed by atoms with Gasteiger partial charge in [0.05, 0.1) is 21.2 Å². The molecule has 0 aliphatic rings. The van der Waals surface area contributed by atoms with E-state index in [0.29, 0.717) is 23.3 Å². The predicted octanol–water partition coefficient (Wildman–Crippen LogP) is 6.30. The number of carbonyl (C=O) groups is 1. The largest absolute Gasteiger partial charge is 0.417 e. The van der Waals surface area contributed by atoms with Gasteiger partial charge >= 0.3 is 6.18 Å². The van der Waals surface area contributed by atoms with Crippen LogP contribution < -0.4 is 9.62 Å². The number of sulfonamides is 1. The van der Waals surface area contributed by atoms with E-state index < -0.39 is 39.2 Å².